The number of rotatable bonds is 7. The lowest BCUT2D eigenvalue weighted by Crippen LogP contribution is -2.07. The molecule has 0 fully saturated rings. The maximum atomic E-state index is 11.8. The Morgan fingerprint density at radius 1 is 1.08 bits per heavy atom. The van der Waals surface area contributed by atoms with E-state index in [1.165, 1.54) is 17.6 Å². The Bertz CT molecular complexity index is 809. The molecule has 0 radical (unpaired) electrons. The molecule has 0 atom stereocenters. The molecule has 3 aromatic rings. The highest BCUT2D eigenvalue weighted by atomic mass is 32.1. The van der Waals surface area contributed by atoms with E-state index in [2.05, 4.69) is 4.98 Å². The van der Waals surface area contributed by atoms with Crippen molar-refractivity contribution in [1.82, 2.24) is 4.98 Å². The molecule has 122 valence electrons. The minimum absolute atomic E-state index is 0.0301. The predicted octanol–water partition coefficient (Wildman–Crippen LogP) is 4.11. The Morgan fingerprint density at radius 3 is 2.67 bits per heavy atom. The summed E-state index contributed by atoms with van der Waals surface area (Å²) in [5.74, 6) is 0.00781. The fourth-order valence-electron chi connectivity index (χ4n) is 2.09. The van der Waals surface area contributed by atoms with Crippen LogP contribution in [-0.4, -0.2) is 16.7 Å². The smallest absolute Gasteiger partial charge is 0.306 e. The van der Waals surface area contributed by atoms with Gasteiger partial charge in [-0.2, -0.15) is 0 Å². The summed E-state index contributed by atoms with van der Waals surface area (Å²) in [5, 5.41) is 1.83. The fourth-order valence-corrected chi connectivity index (χ4v) is 2.78. The molecule has 24 heavy (non-hydrogen) atoms. The first kappa shape index (κ1) is 16.1. The lowest BCUT2D eigenvalue weighted by molar-refractivity contribution is -0.145. The lowest BCUT2D eigenvalue weighted by Gasteiger charge is -2.01. The zero-order valence-corrected chi connectivity index (χ0v) is 13.6. The van der Waals surface area contributed by atoms with Crippen molar-refractivity contribution < 1.29 is 18.7 Å². The molecular weight excluding hydrogens is 326 g/mol. The molecule has 0 aliphatic heterocycles. The first-order valence-electron chi connectivity index (χ1n) is 7.44. The van der Waals surface area contributed by atoms with E-state index in [1.807, 2.05) is 41.8 Å². The number of aromatic nitrogens is 1. The SMILES string of the molecule is O=C(CCC(=O)c1cccs1)OCc1coc(-c2ccccc2)n1. The topological polar surface area (TPSA) is 69.4 Å². The average Bonchev–Trinajstić information content (AvgIpc) is 3.30. The number of ether oxygens (including phenoxy) is 1. The van der Waals surface area contributed by atoms with Gasteiger partial charge in [0.05, 0.1) is 11.3 Å². The Hall–Kier alpha value is -2.73. The average molecular weight is 341 g/mol. The van der Waals surface area contributed by atoms with Crippen LogP contribution in [0.5, 0.6) is 0 Å². The molecular formula is C18H15NO4S. The van der Waals surface area contributed by atoms with Gasteiger partial charge < -0.3 is 9.15 Å². The van der Waals surface area contributed by atoms with Crippen molar-refractivity contribution in [3.63, 3.8) is 0 Å². The van der Waals surface area contributed by atoms with Crippen LogP contribution < -0.4 is 0 Å². The van der Waals surface area contributed by atoms with Gasteiger partial charge >= 0.3 is 5.97 Å². The number of hydrogen-bond donors (Lipinski definition) is 0. The number of carbonyl (C=O) groups is 2. The Morgan fingerprint density at radius 2 is 1.92 bits per heavy atom. The molecule has 0 aliphatic carbocycles. The van der Waals surface area contributed by atoms with Gasteiger partial charge in [0.25, 0.3) is 0 Å². The van der Waals surface area contributed by atoms with Crippen LogP contribution in [0.3, 0.4) is 0 Å². The summed E-state index contributed by atoms with van der Waals surface area (Å²) in [6, 6.07) is 13.0. The lowest BCUT2D eigenvalue weighted by atomic mass is 10.2. The quantitative estimate of drug-likeness (QED) is 0.478. The minimum Gasteiger partial charge on any atom is -0.459 e. The molecule has 5 nitrogen and oxygen atoms in total. The summed E-state index contributed by atoms with van der Waals surface area (Å²) in [5.41, 5.74) is 1.39. The van der Waals surface area contributed by atoms with Crippen molar-refractivity contribution in [2.75, 3.05) is 0 Å². The molecule has 0 saturated carbocycles. The maximum Gasteiger partial charge on any atom is 0.306 e. The van der Waals surface area contributed by atoms with E-state index < -0.39 is 5.97 Å². The Labute approximate surface area is 142 Å². The molecule has 0 spiro atoms. The van der Waals surface area contributed by atoms with Gasteiger partial charge in [-0.25, -0.2) is 4.98 Å². The molecule has 3 rings (SSSR count). The molecule has 6 heteroatoms. The van der Waals surface area contributed by atoms with E-state index in [4.69, 9.17) is 9.15 Å². The van der Waals surface area contributed by atoms with Crippen molar-refractivity contribution in [3.05, 3.63) is 64.7 Å². The van der Waals surface area contributed by atoms with Gasteiger partial charge in [-0.15, -0.1) is 11.3 Å². The molecule has 0 saturated heterocycles. The van der Waals surface area contributed by atoms with Gasteiger partial charge in [-0.1, -0.05) is 24.3 Å². The molecule has 2 aromatic heterocycles. The molecule has 0 amide bonds. The minimum atomic E-state index is -0.427. The van der Waals surface area contributed by atoms with Gasteiger partial charge in [0.2, 0.25) is 5.89 Å². The van der Waals surface area contributed by atoms with Crippen LogP contribution in [-0.2, 0) is 16.1 Å². The van der Waals surface area contributed by atoms with Crippen molar-refractivity contribution in [3.8, 4) is 11.5 Å². The molecule has 0 bridgehead atoms. The summed E-state index contributed by atoms with van der Waals surface area (Å²) in [6.07, 6.45) is 1.67. The van der Waals surface area contributed by atoms with Gasteiger partial charge in [0, 0.05) is 12.0 Å². The van der Waals surface area contributed by atoms with Crippen LogP contribution in [0, 0.1) is 0 Å². The highest BCUT2D eigenvalue weighted by molar-refractivity contribution is 7.12. The van der Waals surface area contributed by atoms with Gasteiger partial charge in [-0.3, -0.25) is 9.59 Å². The number of ketones is 1. The summed E-state index contributed by atoms with van der Waals surface area (Å²) in [4.78, 5) is 28.5. The Kier molecular flexibility index (Phi) is 5.18. The van der Waals surface area contributed by atoms with E-state index in [-0.39, 0.29) is 25.2 Å². The normalized spacial score (nSPS) is 10.5. The van der Waals surface area contributed by atoms with E-state index in [0.29, 0.717) is 16.5 Å². The number of carbonyl (C=O) groups excluding carboxylic acids is 2. The first-order chi connectivity index (χ1) is 11.7. The predicted molar refractivity (Wildman–Crippen MR) is 89.6 cm³/mol. The first-order valence-corrected chi connectivity index (χ1v) is 8.32. The number of nitrogens with zero attached hydrogens (tertiary/aromatic N) is 1. The van der Waals surface area contributed by atoms with Crippen LogP contribution in [0.2, 0.25) is 0 Å². The number of thiophene rings is 1. The molecule has 0 aliphatic rings. The summed E-state index contributed by atoms with van der Waals surface area (Å²) < 4.78 is 10.5. The second-order valence-electron chi connectivity index (χ2n) is 5.07. The molecule has 0 unspecified atom stereocenters. The maximum absolute atomic E-state index is 11.8. The van der Waals surface area contributed by atoms with E-state index >= 15 is 0 Å². The third-order valence-electron chi connectivity index (χ3n) is 3.31. The largest absolute Gasteiger partial charge is 0.459 e. The van der Waals surface area contributed by atoms with Gasteiger partial charge in [0.15, 0.2) is 5.78 Å². The second-order valence-corrected chi connectivity index (χ2v) is 6.02. The van der Waals surface area contributed by atoms with Crippen molar-refractivity contribution in [2.45, 2.75) is 19.4 Å². The second kappa shape index (κ2) is 7.70. The van der Waals surface area contributed by atoms with Gasteiger partial charge in [0.1, 0.15) is 18.6 Å². The van der Waals surface area contributed by atoms with E-state index in [9.17, 15) is 9.59 Å². The monoisotopic (exact) mass is 341 g/mol. The van der Waals surface area contributed by atoms with Gasteiger partial charge in [-0.05, 0) is 23.6 Å². The molecule has 0 N–H and O–H groups in total. The van der Waals surface area contributed by atoms with Crippen molar-refractivity contribution >= 4 is 23.1 Å². The highest BCUT2D eigenvalue weighted by Crippen LogP contribution is 2.18. The number of oxazole rings is 1. The molecule has 1 aromatic carbocycles. The number of benzene rings is 1. The fraction of sp³-hybridized carbons (Fsp3) is 0.167. The van der Waals surface area contributed by atoms with Crippen LogP contribution in [0.25, 0.3) is 11.5 Å². The van der Waals surface area contributed by atoms with E-state index in [0.717, 1.165) is 5.56 Å². The van der Waals surface area contributed by atoms with Crippen molar-refractivity contribution in [1.29, 1.82) is 0 Å². The zero-order chi connectivity index (χ0) is 16.8. The summed E-state index contributed by atoms with van der Waals surface area (Å²) >= 11 is 1.37. The zero-order valence-electron chi connectivity index (χ0n) is 12.8. The van der Waals surface area contributed by atoms with Crippen LogP contribution in [0.15, 0.2) is 58.5 Å². The van der Waals surface area contributed by atoms with Crippen LogP contribution in [0.1, 0.15) is 28.2 Å². The third kappa shape index (κ3) is 4.17. The standard InChI is InChI=1S/C18H15NO4S/c20-15(16-7-4-10-24-16)8-9-17(21)22-11-14-12-23-18(19-14)13-5-2-1-3-6-13/h1-7,10,12H,8-9,11H2. The summed E-state index contributed by atoms with van der Waals surface area (Å²) in [6.45, 7) is 0.0301. The number of Topliss-reactive ketones (excluding diaryl/α,β-unsaturated/α-hetero) is 1. The third-order valence-corrected chi connectivity index (χ3v) is 4.22. The van der Waals surface area contributed by atoms with E-state index in [1.54, 1.807) is 6.07 Å². The van der Waals surface area contributed by atoms with Crippen LogP contribution >= 0.6 is 11.3 Å². The van der Waals surface area contributed by atoms with Crippen LogP contribution in [0.4, 0.5) is 0 Å². The molecule has 2 heterocycles. The Balaban J connectivity index is 1.46. The number of esters is 1. The summed E-state index contributed by atoms with van der Waals surface area (Å²) in [7, 11) is 0. The highest BCUT2D eigenvalue weighted by Gasteiger charge is 2.12. The van der Waals surface area contributed by atoms with Crippen molar-refractivity contribution in [2.24, 2.45) is 0 Å². The number of hydrogen-bond acceptors (Lipinski definition) is 6.